The number of rotatable bonds is 4. The van der Waals surface area contributed by atoms with Crippen LogP contribution in [0.4, 0.5) is 5.69 Å². The molecule has 25 heavy (non-hydrogen) atoms. The molecule has 2 saturated heterocycles. The van der Waals surface area contributed by atoms with E-state index in [0.717, 1.165) is 0 Å². The van der Waals surface area contributed by atoms with Gasteiger partial charge in [0.15, 0.2) is 0 Å². The van der Waals surface area contributed by atoms with Crippen LogP contribution in [0.25, 0.3) is 0 Å². The zero-order valence-electron chi connectivity index (χ0n) is 12.7. The first-order chi connectivity index (χ1) is 11.9. The second kappa shape index (κ2) is 5.21. The molecule has 4 rings (SSSR count). The van der Waals surface area contributed by atoms with Crippen LogP contribution in [-0.4, -0.2) is 41.0 Å². The van der Waals surface area contributed by atoms with Crippen molar-refractivity contribution >= 4 is 23.5 Å². The summed E-state index contributed by atoms with van der Waals surface area (Å²) in [5.41, 5.74) is -0.985. The zero-order valence-corrected chi connectivity index (χ0v) is 12.7. The third-order valence-electron chi connectivity index (χ3n) is 4.76. The molecule has 0 aliphatic carbocycles. The molecule has 9 heteroatoms. The largest absolute Gasteiger partial charge is 0.393 e. The molecule has 4 atom stereocenters. The van der Waals surface area contributed by atoms with Crippen LogP contribution in [0.2, 0.25) is 0 Å². The number of fused-ring (bicyclic) bond motifs is 5. The summed E-state index contributed by atoms with van der Waals surface area (Å²) in [4.78, 5) is 46.0. The molecule has 1 aromatic carbocycles. The Balaban J connectivity index is 1.49. The molecule has 3 aliphatic rings. The van der Waals surface area contributed by atoms with E-state index in [1.165, 1.54) is 24.3 Å². The first-order valence-corrected chi connectivity index (χ1v) is 7.57. The normalized spacial score (nSPS) is 31.8. The Kier molecular flexibility index (Phi) is 3.22. The molecule has 9 nitrogen and oxygen atoms in total. The standard InChI is InChI=1S/C16H12N2O7/c19-13(8-1-3-9(4-2-8)18(22)23)17-7-16-6-5-10(25-16)11-12(16)15(21)24-14(11)20/h1-6,10-12H,7H2,(H,17,19)/t10-,11+,12+,16-/m0/s1. The number of nitro benzene ring substituents is 1. The van der Waals surface area contributed by atoms with Crippen LogP contribution in [0.5, 0.6) is 0 Å². The molecule has 2 bridgehead atoms. The number of carbonyl (C=O) groups excluding carboxylic acids is 3. The molecule has 0 aromatic heterocycles. The number of benzene rings is 1. The SMILES string of the molecule is O=C(NC[C@]12C=C[C@H](O1)[C@H]1C(=O)OC(=O)[C@@H]12)c1ccc([N+](=O)[O-])cc1. The molecule has 128 valence electrons. The maximum atomic E-state index is 12.2. The van der Waals surface area contributed by atoms with E-state index in [2.05, 4.69) is 10.1 Å². The maximum absolute atomic E-state index is 12.2. The third-order valence-corrected chi connectivity index (χ3v) is 4.76. The van der Waals surface area contributed by atoms with Gasteiger partial charge in [0.1, 0.15) is 17.4 Å². The van der Waals surface area contributed by atoms with E-state index in [0.29, 0.717) is 0 Å². The predicted octanol–water partition coefficient (Wildman–Crippen LogP) is 0.348. The number of esters is 2. The molecular weight excluding hydrogens is 332 g/mol. The quantitative estimate of drug-likeness (QED) is 0.275. The van der Waals surface area contributed by atoms with E-state index in [1.807, 2.05) is 0 Å². The van der Waals surface area contributed by atoms with E-state index in [9.17, 15) is 24.5 Å². The molecule has 0 saturated carbocycles. The summed E-state index contributed by atoms with van der Waals surface area (Å²) in [7, 11) is 0. The van der Waals surface area contributed by atoms with Gasteiger partial charge >= 0.3 is 11.9 Å². The summed E-state index contributed by atoms with van der Waals surface area (Å²) in [6, 6.07) is 5.13. The number of nitrogens with one attached hydrogen (secondary N) is 1. The lowest BCUT2D eigenvalue weighted by molar-refractivity contribution is -0.384. The van der Waals surface area contributed by atoms with Gasteiger partial charge in [-0.1, -0.05) is 12.2 Å². The lowest BCUT2D eigenvalue weighted by Crippen LogP contribution is -2.47. The second-order valence-corrected chi connectivity index (χ2v) is 6.13. The summed E-state index contributed by atoms with van der Waals surface area (Å²) in [5, 5.41) is 13.3. The molecule has 3 aliphatic heterocycles. The van der Waals surface area contributed by atoms with Crippen molar-refractivity contribution in [3.8, 4) is 0 Å². The predicted molar refractivity (Wildman–Crippen MR) is 80.3 cm³/mol. The van der Waals surface area contributed by atoms with Gasteiger partial charge in [-0.3, -0.25) is 24.5 Å². The first kappa shape index (κ1) is 15.5. The van der Waals surface area contributed by atoms with Gasteiger partial charge in [-0.25, -0.2) is 0 Å². The number of carbonyl (C=O) groups is 3. The number of cyclic esters (lactones) is 2. The van der Waals surface area contributed by atoms with E-state index < -0.39 is 46.3 Å². The van der Waals surface area contributed by atoms with Crippen molar-refractivity contribution in [3.63, 3.8) is 0 Å². The summed E-state index contributed by atoms with van der Waals surface area (Å²) < 4.78 is 10.5. The van der Waals surface area contributed by atoms with Crippen molar-refractivity contribution in [2.75, 3.05) is 6.54 Å². The van der Waals surface area contributed by atoms with Gasteiger partial charge in [-0.05, 0) is 12.1 Å². The number of amides is 1. The molecule has 1 amide bonds. The van der Waals surface area contributed by atoms with E-state index in [1.54, 1.807) is 12.2 Å². The van der Waals surface area contributed by atoms with Crippen LogP contribution in [-0.2, 0) is 19.1 Å². The smallest absolute Gasteiger partial charge is 0.320 e. The molecule has 0 spiro atoms. The highest BCUT2D eigenvalue weighted by Crippen LogP contribution is 2.50. The maximum Gasteiger partial charge on any atom is 0.320 e. The van der Waals surface area contributed by atoms with Gasteiger partial charge in [-0.2, -0.15) is 0 Å². The van der Waals surface area contributed by atoms with Gasteiger partial charge in [0, 0.05) is 17.7 Å². The number of hydrogen-bond donors (Lipinski definition) is 1. The molecule has 1 aromatic rings. The van der Waals surface area contributed by atoms with Crippen LogP contribution in [0.3, 0.4) is 0 Å². The fourth-order valence-corrected chi connectivity index (χ4v) is 3.57. The fraction of sp³-hybridized carbons (Fsp3) is 0.312. The molecule has 3 heterocycles. The Bertz CT molecular complexity index is 831. The van der Waals surface area contributed by atoms with Crippen LogP contribution < -0.4 is 5.32 Å². The summed E-state index contributed by atoms with van der Waals surface area (Å²) in [6.07, 6.45) is 2.84. The third kappa shape index (κ3) is 2.23. The van der Waals surface area contributed by atoms with Crippen molar-refractivity contribution < 1.29 is 28.8 Å². The van der Waals surface area contributed by atoms with Gasteiger partial charge in [0.05, 0.1) is 17.6 Å². The van der Waals surface area contributed by atoms with E-state index in [4.69, 9.17) is 4.74 Å². The Hall–Kier alpha value is -3.07. The van der Waals surface area contributed by atoms with Gasteiger partial charge in [-0.15, -0.1) is 0 Å². The number of hydrogen-bond acceptors (Lipinski definition) is 7. The van der Waals surface area contributed by atoms with Crippen LogP contribution in [0.1, 0.15) is 10.4 Å². The zero-order chi connectivity index (χ0) is 17.8. The molecule has 0 unspecified atom stereocenters. The lowest BCUT2D eigenvalue weighted by atomic mass is 9.77. The summed E-state index contributed by atoms with van der Waals surface area (Å²) >= 11 is 0. The average molecular weight is 344 g/mol. The highest BCUT2D eigenvalue weighted by Gasteiger charge is 2.66. The van der Waals surface area contributed by atoms with Crippen molar-refractivity contribution in [2.45, 2.75) is 11.7 Å². The minimum Gasteiger partial charge on any atom is -0.393 e. The van der Waals surface area contributed by atoms with Crippen LogP contribution in [0, 0.1) is 22.0 Å². The number of ether oxygens (including phenoxy) is 2. The summed E-state index contributed by atoms with van der Waals surface area (Å²) in [5.74, 6) is -3.16. The summed E-state index contributed by atoms with van der Waals surface area (Å²) in [6.45, 7) is -0.0145. The number of nitro groups is 1. The van der Waals surface area contributed by atoms with Gasteiger partial charge in [0.25, 0.3) is 11.6 Å². The first-order valence-electron chi connectivity index (χ1n) is 7.57. The van der Waals surface area contributed by atoms with Crippen molar-refractivity contribution in [1.82, 2.24) is 5.32 Å². The Labute approximate surface area is 140 Å². The fourth-order valence-electron chi connectivity index (χ4n) is 3.57. The monoisotopic (exact) mass is 344 g/mol. The van der Waals surface area contributed by atoms with Gasteiger partial charge in [0.2, 0.25) is 0 Å². The van der Waals surface area contributed by atoms with Crippen molar-refractivity contribution in [1.29, 1.82) is 0 Å². The highest BCUT2D eigenvalue weighted by atomic mass is 16.6. The van der Waals surface area contributed by atoms with Crippen LogP contribution >= 0.6 is 0 Å². The molecule has 1 N–H and O–H groups in total. The van der Waals surface area contributed by atoms with Crippen molar-refractivity contribution in [2.24, 2.45) is 11.8 Å². The Morgan fingerprint density at radius 2 is 1.96 bits per heavy atom. The molecule has 2 fully saturated rings. The molecule has 0 radical (unpaired) electrons. The second-order valence-electron chi connectivity index (χ2n) is 6.13. The highest BCUT2D eigenvalue weighted by molar-refractivity contribution is 5.99. The average Bonchev–Trinajstić information content (AvgIpc) is 3.24. The minimum atomic E-state index is -1.10. The topological polar surface area (TPSA) is 125 Å². The van der Waals surface area contributed by atoms with Crippen LogP contribution in [0.15, 0.2) is 36.4 Å². The Morgan fingerprint density at radius 1 is 1.24 bits per heavy atom. The lowest BCUT2D eigenvalue weighted by Gasteiger charge is -2.27. The minimum absolute atomic E-state index is 0.0145. The van der Waals surface area contributed by atoms with Crippen molar-refractivity contribution in [3.05, 3.63) is 52.1 Å². The number of nitrogens with zero attached hydrogens (tertiary/aromatic N) is 1. The van der Waals surface area contributed by atoms with E-state index in [-0.39, 0.29) is 17.8 Å². The Morgan fingerprint density at radius 3 is 2.64 bits per heavy atom. The van der Waals surface area contributed by atoms with E-state index >= 15 is 0 Å². The van der Waals surface area contributed by atoms with Gasteiger partial charge < -0.3 is 14.8 Å². The number of non-ortho nitro benzene ring substituents is 1. The molecular formula is C16H12N2O7.